The van der Waals surface area contributed by atoms with Gasteiger partial charge in [0.15, 0.2) is 0 Å². The number of carboxylic acids is 1. The minimum Gasteiger partial charge on any atom is -0.478 e. The Morgan fingerprint density at radius 1 is 1.21 bits per heavy atom. The first kappa shape index (κ1) is 13.6. The molecule has 2 rings (SSSR count). The van der Waals surface area contributed by atoms with Crippen molar-refractivity contribution in [3.05, 3.63) is 63.6 Å². The van der Waals surface area contributed by atoms with Crippen LogP contribution in [-0.4, -0.2) is 11.1 Å². The predicted octanol–water partition coefficient (Wildman–Crippen LogP) is 4.07. The molecule has 0 aliphatic heterocycles. The number of carbonyl (C=O) groups is 1. The van der Waals surface area contributed by atoms with Gasteiger partial charge in [0, 0.05) is 16.7 Å². The molecule has 0 aliphatic carbocycles. The van der Waals surface area contributed by atoms with E-state index in [1.165, 1.54) is 11.1 Å². The summed E-state index contributed by atoms with van der Waals surface area (Å²) in [6.07, 6.45) is 0. The summed E-state index contributed by atoms with van der Waals surface area (Å²) in [6, 6.07) is 13.2. The maximum atomic E-state index is 10.8. The largest absolute Gasteiger partial charge is 0.478 e. The Kier molecular flexibility index (Phi) is 4.22. The molecule has 98 valence electrons. The number of halogens is 1. The van der Waals surface area contributed by atoms with E-state index in [4.69, 9.17) is 5.11 Å². The van der Waals surface area contributed by atoms with Gasteiger partial charge in [-0.05, 0) is 46.6 Å². The number of hydrogen-bond acceptors (Lipinski definition) is 2. The molecule has 2 aromatic rings. The van der Waals surface area contributed by atoms with Crippen LogP contribution >= 0.6 is 15.9 Å². The molecule has 0 fully saturated rings. The molecular formula is C15H14BrNO2. The molecular weight excluding hydrogens is 306 g/mol. The highest BCUT2D eigenvalue weighted by molar-refractivity contribution is 9.10. The van der Waals surface area contributed by atoms with Gasteiger partial charge in [-0.15, -0.1) is 0 Å². The fourth-order valence-electron chi connectivity index (χ4n) is 1.69. The van der Waals surface area contributed by atoms with Crippen LogP contribution in [0.3, 0.4) is 0 Å². The van der Waals surface area contributed by atoms with Gasteiger partial charge in [0.05, 0.1) is 5.56 Å². The van der Waals surface area contributed by atoms with E-state index in [2.05, 4.69) is 52.4 Å². The molecule has 0 spiro atoms. The summed E-state index contributed by atoms with van der Waals surface area (Å²) in [6.45, 7) is 2.75. The van der Waals surface area contributed by atoms with Crippen LogP contribution in [0.1, 0.15) is 21.5 Å². The van der Waals surface area contributed by atoms with Gasteiger partial charge in [-0.2, -0.15) is 0 Å². The topological polar surface area (TPSA) is 49.3 Å². The predicted molar refractivity (Wildman–Crippen MR) is 79.6 cm³/mol. The van der Waals surface area contributed by atoms with Crippen LogP contribution in [0.2, 0.25) is 0 Å². The van der Waals surface area contributed by atoms with Crippen molar-refractivity contribution in [2.24, 2.45) is 0 Å². The van der Waals surface area contributed by atoms with Crippen molar-refractivity contribution in [2.75, 3.05) is 5.32 Å². The van der Waals surface area contributed by atoms with Gasteiger partial charge in [0.25, 0.3) is 0 Å². The number of anilines is 1. The molecule has 0 saturated carbocycles. The van der Waals surface area contributed by atoms with Gasteiger partial charge in [0.2, 0.25) is 0 Å². The van der Waals surface area contributed by atoms with Gasteiger partial charge >= 0.3 is 5.97 Å². The van der Waals surface area contributed by atoms with Crippen LogP contribution in [0.25, 0.3) is 0 Å². The van der Waals surface area contributed by atoms with E-state index >= 15 is 0 Å². The Balaban J connectivity index is 2.07. The maximum Gasteiger partial charge on any atom is 0.335 e. The summed E-state index contributed by atoms with van der Waals surface area (Å²) in [7, 11) is 0. The van der Waals surface area contributed by atoms with Crippen molar-refractivity contribution in [1.29, 1.82) is 0 Å². The lowest BCUT2D eigenvalue weighted by atomic mass is 10.1. The summed E-state index contributed by atoms with van der Waals surface area (Å²) in [4.78, 5) is 10.8. The van der Waals surface area contributed by atoms with E-state index in [1.54, 1.807) is 18.2 Å². The molecule has 0 amide bonds. The average Bonchev–Trinajstić information content (AvgIpc) is 2.39. The first-order valence-electron chi connectivity index (χ1n) is 5.88. The fraction of sp³-hybridized carbons (Fsp3) is 0.133. The molecule has 2 aromatic carbocycles. The van der Waals surface area contributed by atoms with Crippen LogP contribution in [0.15, 0.2) is 46.9 Å². The normalized spacial score (nSPS) is 10.2. The van der Waals surface area contributed by atoms with Gasteiger partial charge in [-0.1, -0.05) is 29.8 Å². The van der Waals surface area contributed by atoms with Crippen LogP contribution in [0.4, 0.5) is 5.69 Å². The smallest absolute Gasteiger partial charge is 0.335 e. The number of rotatable bonds is 4. The molecule has 4 heteroatoms. The highest BCUT2D eigenvalue weighted by atomic mass is 79.9. The standard InChI is InChI=1S/C15H14BrNO2/c1-10-2-4-11(5-3-10)9-17-14-7-6-12(15(18)19)8-13(14)16/h2-8,17H,9H2,1H3,(H,18,19). The molecule has 0 aliphatic rings. The highest BCUT2D eigenvalue weighted by Crippen LogP contribution is 2.24. The number of benzene rings is 2. The van der Waals surface area contributed by atoms with Crippen LogP contribution in [0.5, 0.6) is 0 Å². The second-order valence-corrected chi connectivity index (χ2v) is 5.19. The molecule has 0 bridgehead atoms. The summed E-state index contributed by atoms with van der Waals surface area (Å²) < 4.78 is 0.750. The number of aryl methyl sites for hydroxylation is 1. The van der Waals surface area contributed by atoms with E-state index in [0.717, 1.165) is 10.2 Å². The zero-order valence-corrected chi connectivity index (χ0v) is 12.1. The number of nitrogens with one attached hydrogen (secondary N) is 1. The molecule has 19 heavy (non-hydrogen) atoms. The van der Waals surface area contributed by atoms with Crippen LogP contribution in [0, 0.1) is 6.92 Å². The highest BCUT2D eigenvalue weighted by Gasteiger charge is 2.06. The van der Waals surface area contributed by atoms with Crippen LogP contribution in [-0.2, 0) is 6.54 Å². The second-order valence-electron chi connectivity index (χ2n) is 4.34. The van der Waals surface area contributed by atoms with E-state index in [-0.39, 0.29) is 5.56 Å². The first-order valence-corrected chi connectivity index (χ1v) is 6.68. The van der Waals surface area contributed by atoms with Crippen molar-refractivity contribution in [3.63, 3.8) is 0 Å². The zero-order valence-electron chi connectivity index (χ0n) is 10.5. The molecule has 0 atom stereocenters. The quantitative estimate of drug-likeness (QED) is 0.893. The Morgan fingerprint density at radius 2 is 1.89 bits per heavy atom. The van der Waals surface area contributed by atoms with Crippen molar-refractivity contribution >= 4 is 27.6 Å². The second kappa shape index (κ2) is 5.89. The molecule has 2 N–H and O–H groups in total. The number of aromatic carboxylic acids is 1. The van der Waals surface area contributed by atoms with E-state index < -0.39 is 5.97 Å². The van der Waals surface area contributed by atoms with E-state index in [9.17, 15) is 4.79 Å². The molecule has 0 radical (unpaired) electrons. The lowest BCUT2D eigenvalue weighted by Crippen LogP contribution is -2.02. The Labute approximate surface area is 120 Å². The number of carboxylic acid groups (broad SMARTS) is 1. The Morgan fingerprint density at radius 3 is 2.47 bits per heavy atom. The molecule has 0 aromatic heterocycles. The molecule has 0 saturated heterocycles. The zero-order chi connectivity index (χ0) is 13.8. The molecule has 0 unspecified atom stereocenters. The monoisotopic (exact) mass is 319 g/mol. The van der Waals surface area contributed by atoms with Crippen molar-refractivity contribution in [1.82, 2.24) is 0 Å². The van der Waals surface area contributed by atoms with Gasteiger partial charge in [-0.25, -0.2) is 4.79 Å². The fourth-order valence-corrected chi connectivity index (χ4v) is 2.21. The Hall–Kier alpha value is -1.81. The lowest BCUT2D eigenvalue weighted by Gasteiger charge is -2.09. The van der Waals surface area contributed by atoms with Crippen LogP contribution < -0.4 is 5.32 Å². The lowest BCUT2D eigenvalue weighted by molar-refractivity contribution is 0.0697. The van der Waals surface area contributed by atoms with Crippen molar-refractivity contribution < 1.29 is 9.90 Å². The maximum absolute atomic E-state index is 10.8. The Bertz CT molecular complexity index is 594. The third kappa shape index (κ3) is 3.58. The van der Waals surface area contributed by atoms with E-state index in [0.29, 0.717) is 6.54 Å². The molecule has 0 heterocycles. The minimum atomic E-state index is -0.925. The van der Waals surface area contributed by atoms with Gasteiger partial charge in [-0.3, -0.25) is 0 Å². The minimum absolute atomic E-state index is 0.271. The van der Waals surface area contributed by atoms with E-state index in [1.807, 2.05) is 0 Å². The SMILES string of the molecule is Cc1ccc(CNc2ccc(C(=O)O)cc2Br)cc1. The average molecular weight is 320 g/mol. The summed E-state index contributed by atoms with van der Waals surface area (Å²) in [5, 5.41) is 12.2. The summed E-state index contributed by atoms with van der Waals surface area (Å²) in [5.41, 5.74) is 3.56. The van der Waals surface area contributed by atoms with Gasteiger partial charge < -0.3 is 10.4 Å². The third-order valence-corrected chi connectivity index (χ3v) is 3.48. The molecule has 3 nitrogen and oxygen atoms in total. The van der Waals surface area contributed by atoms with Gasteiger partial charge in [0.1, 0.15) is 0 Å². The summed E-state index contributed by atoms with van der Waals surface area (Å²) >= 11 is 3.37. The number of hydrogen-bond donors (Lipinski definition) is 2. The first-order chi connectivity index (χ1) is 9.06. The van der Waals surface area contributed by atoms with Crippen molar-refractivity contribution in [3.8, 4) is 0 Å². The third-order valence-electron chi connectivity index (χ3n) is 2.82. The van der Waals surface area contributed by atoms with Crippen molar-refractivity contribution in [2.45, 2.75) is 13.5 Å². The summed E-state index contributed by atoms with van der Waals surface area (Å²) in [5.74, 6) is -0.925.